The van der Waals surface area contributed by atoms with Gasteiger partial charge in [-0.2, -0.15) is 5.26 Å². The SMILES string of the molecule is COc1ccncc1-c1cccc(C#N)c1N1CCC(c2cncn2C)CC1. The molecule has 3 heterocycles. The molecule has 1 fully saturated rings. The Hall–Kier alpha value is -3.33. The summed E-state index contributed by atoms with van der Waals surface area (Å²) in [5.74, 6) is 1.26. The van der Waals surface area contributed by atoms with Crippen LogP contribution < -0.4 is 9.64 Å². The van der Waals surface area contributed by atoms with E-state index in [4.69, 9.17) is 4.74 Å². The molecule has 1 saturated heterocycles. The number of piperidine rings is 1. The van der Waals surface area contributed by atoms with Gasteiger partial charge >= 0.3 is 0 Å². The van der Waals surface area contributed by atoms with E-state index >= 15 is 0 Å². The van der Waals surface area contributed by atoms with Crippen molar-refractivity contribution in [2.24, 2.45) is 7.05 Å². The highest BCUT2D eigenvalue weighted by Crippen LogP contribution is 2.40. The Bertz CT molecular complexity index is 1010. The summed E-state index contributed by atoms with van der Waals surface area (Å²) in [5, 5.41) is 9.75. The lowest BCUT2D eigenvalue weighted by molar-refractivity contribution is 0.416. The summed E-state index contributed by atoms with van der Waals surface area (Å²) in [4.78, 5) is 10.9. The Balaban J connectivity index is 1.69. The summed E-state index contributed by atoms with van der Waals surface area (Å²) in [5.41, 5.74) is 4.83. The Morgan fingerprint density at radius 2 is 1.93 bits per heavy atom. The molecule has 0 aliphatic carbocycles. The van der Waals surface area contributed by atoms with E-state index in [-0.39, 0.29) is 0 Å². The molecular weight excluding hydrogens is 350 g/mol. The Labute approximate surface area is 165 Å². The molecule has 6 heteroatoms. The van der Waals surface area contributed by atoms with Crippen molar-refractivity contribution >= 4 is 5.69 Å². The lowest BCUT2D eigenvalue weighted by Crippen LogP contribution is -2.34. The number of benzene rings is 1. The third-order valence-corrected chi connectivity index (χ3v) is 5.53. The second-order valence-corrected chi connectivity index (χ2v) is 7.08. The molecule has 0 unspecified atom stereocenters. The van der Waals surface area contributed by atoms with E-state index in [0.717, 1.165) is 48.5 Å². The fourth-order valence-corrected chi connectivity index (χ4v) is 4.11. The highest BCUT2D eigenvalue weighted by molar-refractivity contribution is 5.85. The van der Waals surface area contributed by atoms with Crippen LogP contribution in [0.25, 0.3) is 11.1 Å². The standard InChI is InChI=1S/C22H23N5O/c1-26-15-25-14-20(26)16-7-10-27(11-8-16)22-17(12-23)4-3-5-18(22)19-13-24-9-6-21(19)28-2/h3-6,9,13-16H,7-8,10-11H2,1-2H3. The van der Waals surface area contributed by atoms with Crippen LogP contribution in [0.1, 0.15) is 30.0 Å². The third kappa shape index (κ3) is 3.20. The molecule has 0 bridgehead atoms. The van der Waals surface area contributed by atoms with Crippen molar-refractivity contribution in [3.8, 4) is 22.9 Å². The molecule has 0 radical (unpaired) electrons. The largest absolute Gasteiger partial charge is 0.496 e. The molecule has 1 aliphatic rings. The van der Waals surface area contributed by atoms with Gasteiger partial charge in [0.05, 0.1) is 24.7 Å². The molecule has 2 aromatic heterocycles. The number of aromatic nitrogens is 3. The highest BCUT2D eigenvalue weighted by atomic mass is 16.5. The number of rotatable bonds is 4. The number of hydrogen-bond acceptors (Lipinski definition) is 5. The van der Waals surface area contributed by atoms with E-state index in [9.17, 15) is 5.26 Å². The zero-order chi connectivity index (χ0) is 19.5. The topological polar surface area (TPSA) is 67.0 Å². The maximum Gasteiger partial charge on any atom is 0.129 e. The summed E-state index contributed by atoms with van der Waals surface area (Å²) >= 11 is 0. The van der Waals surface area contributed by atoms with Crippen LogP contribution in [0.4, 0.5) is 5.69 Å². The summed E-state index contributed by atoms with van der Waals surface area (Å²) in [6.07, 6.45) is 9.41. The molecule has 142 valence electrons. The van der Waals surface area contributed by atoms with Crippen LogP contribution in [0.3, 0.4) is 0 Å². The first-order chi connectivity index (χ1) is 13.7. The zero-order valence-corrected chi connectivity index (χ0v) is 16.2. The van der Waals surface area contributed by atoms with Gasteiger partial charge in [0.25, 0.3) is 0 Å². The Morgan fingerprint density at radius 1 is 1.11 bits per heavy atom. The minimum atomic E-state index is 0.495. The minimum absolute atomic E-state index is 0.495. The lowest BCUT2D eigenvalue weighted by Gasteiger charge is -2.35. The number of nitrogens with zero attached hydrogens (tertiary/aromatic N) is 5. The lowest BCUT2D eigenvalue weighted by atomic mass is 9.91. The maximum absolute atomic E-state index is 9.75. The van der Waals surface area contributed by atoms with Crippen LogP contribution >= 0.6 is 0 Å². The van der Waals surface area contributed by atoms with Crippen molar-refractivity contribution in [1.82, 2.24) is 14.5 Å². The van der Waals surface area contributed by atoms with Crippen LogP contribution in [-0.2, 0) is 7.05 Å². The number of nitriles is 1. The normalized spacial score (nSPS) is 14.7. The summed E-state index contributed by atoms with van der Waals surface area (Å²) < 4.78 is 7.65. The summed E-state index contributed by atoms with van der Waals surface area (Å²) in [6.45, 7) is 1.79. The first-order valence-electron chi connectivity index (χ1n) is 9.45. The van der Waals surface area contributed by atoms with Gasteiger partial charge in [-0.3, -0.25) is 4.98 Å². The highest BCUT2D eigenvalue weighted by Gasteiger charge is 2.26. The van der Waals surface area contributed by atoms with Crippen LogP contribution in [0.2, 0.25) is 0 Å². The molecule has 28 heavy (non-hydrogen) atoms. The fraction of sp³-hybridized carbons (Fsp3) is 0.318. The number of ether oxygens (including phenoxy) is 1. The second kappa shape index (κ2) is 7.73. The van der Waals surface area contributed by atoms with Crippen molar-refractivity contribution < 1.29 is 4.74 Å². The number of para-hydroxylation sites is 1. The van der Waals surface area contributed by atoms with Crippen LogP contribution in [0.15, 0.2) is 49.2 Å². The van der Waals surface area contributed by atoms with Crippen molar-refractivity contribution in [2.45, 2.75) is 18.8 Å². The number of aryl methyl sites for hydroxylation is 1. The minimum Gasteiger partial charge on any atom is -0.496 e. The van der Waals surface area contributed by atoms with Gasteiger partial charge < -0.3 is 14.2 Å². The van der Waals surface area contributed by atoms with Gasteiger partial charge in [0, 0.05) is 61.5 Å². The second-order valence-electron chi connectivity index (χ2n) is 7.08. The van der Waals surface area contributed by atoms with Gasteiger partial charge in [0.1, 0.15) is 11.8 Å². The number of imidazole rings is 1. The van der Waals surface area contributed by atoms with Crippen LogP contribution in [0.5, 0.6) is 5.75 Å². The van der Waals surface area contributed by atoms with Crippen molar-refractivity contribution in [3.63, 3.8) is 0 Å². The molecule has 0 spiro atoms. The number of hydrogen-bond donors (Lipinski definition) is 0. The Morgan fingerprint density at radius 3 is 2.61 bits per heavy atom. The van der Waals surface area contributed by atoms with Crippen LogP contribution in [0, 0.1) is 11.3 Å². The molecule has 6 nitrogen and oxygen atoms in total. The number of anilines is 1. The van der Waals surface area contributed by atoms with E-state index in [2.05, 4.69) is 25.5 Å². The maximum atomic E-state index is 9.75. The zero-order valence-electron chi connectivity index (χ0n) is 16.2. The number of pyridine rings is 1. The molecule has 0 N–H and O–H groups in total. The fourth-order valence-electron chi connectivity index (χ4n) is 4.11. The molecule has 1 aliphatic heterocycles. The van der Waals surface area contributed by atoms with E-state index < -0.39 is 0 Å². The monoisotopic (exact) mass is 373 g/mol. The Kier molecular flexibility index (Phi) is 4.98. The van der Waals surface area contributed by atoms with E-state index in [1.165, 1.54) is 5.69 Å². The summed E-state index contributed by atoms with van der Waals surface area (Å²) in [6, 6.07) is 10.1. The predicted molar refractivity (Wildman–Crippen MR) is 108 cm³/mol. The molecule has 0 saturated carbocycles. The molecule has 3 aromatic rings. The average molecular weight is 373 g/mol. The van der Waals surface area contributed by atoms with E-state index in [0.29, 0.717) is 11.5 Å². The van der Waals surface area contributed by atoms with E-state index in [1.807, 2.05) is 43.8 Å². The molecule has 0 amide bonds. The van der Waals surface area contributed by atoms with Gasteiger partial charge in [-0.25, -0.2) is 4.98 Å². The molecular formula is C22H23N5O. The average Bonchev–Trinajstić information content (AvgIpc) is 3.19. The molecule has 4 rings (SSSR count). The molecule has 1 aromatic carbocycles. The van der Waals surface area contributed by atoms with Gasteiger partial charge in [-0.1, -0.05) is 12.1 Å². The van der Waals surface area contributed by atoms with Gasteiger partial charge in [0.2, 0.25) is 0 Å². The first-order valence-corrected chi connectivity index (χ1v) is 9.45. The van der Waals surface area contributed by atoms with Gasteiger partial charge in [0.15, 0.2) is 0 Å². The van der Waals surface area contributed by atoms with Crippen molar-refractivity contribution in [2.75, 3.05) is 25.1 Å². The quantitative estimate of drug-likeness (QED) is 0.697. The molecule has 0 atom stereocenters. The van der Waals surface area contributed by atoms with Crippen molar-refractivity contribution in [3.05, 3.63) is 60.4 Å². The summed E-state index contributed by atoms with van der Waals surface area (Å²) in [7, 11) is 3.71. The third-order valence-electron chi connectivity index (χ3n) is 5.53. The van der Waals surface area contributed by atoms with Crippen LogP contribution in [-0.4, -0.2) is 34.7 Å². The number of methoxy groups -OCH3 is 1. The smallest absolute Gasteiger partial charge is 0.129 e. The predicted octanol–water partition coefficient (Wildman–Crippen LogP) is 3.75. The van der Waals surface area contributed by atoms with Gasteiger partial charge in [-0.15, -0.1) is 0 Å². The van der Waals surface area contributed by atoms with Crippen molar-refractivity contribution in [1.29, 1.82) is 5.26 Å². The first kappa shape index (κ1) is 18.1. The van der Waals surface area contributed by atoms with Gasteiger partial charge in [-0.05, 0) is 25.0 Å². The van der Waals surface area contributed by atoms with E-state index in [1.54, 1.807) is 19.5 Å².